The summed E-state index contributed by atoms with van der Waals surface area (Å²) in [7, 11) is 0. The van der Waals surface area contributed by atoms with E-state index in [2.05, 4.69) is 18.2 Å². The van der Waals surface area contributed by atoms with E-state index in [0.717, 1.165) is 37.5 Å². The predicted molar refractivity (Wildman–Crippen MR) is 98.3 cm³/mol. The molecule has 0 unspecified atom stereocenters. The summed E-state index contributed by atoms with van der Waals surface area (Å²) in [6.45, 7) is 1.26. The lowest BCUT2D eigenvalue weighted by molar-refractivity contribution is -0.144. The minimum Gasteiger partial charge on any atom is -0.331 e. The molecule has 26 heavy (non-hydrogen) atoms. The lowest BCUT2D eigenvalue weighted by Crippen LogP contribution is -2.49. The number of aldehydes is 1. The van der Waals surface area contributed by atoms with Crippen LogP contribution in [0.1, 0.15) is 43.2 Å². The minimum absolute atomic E-state index is 0.0294. The number of hydrogen-bond donors (Lipinski definition) is 0. The second-order valence-electron chi connectivity index (χ2n) is 7.48. The van der Waals surface area contributed by atoms with E-state index in [1.54, 1.807) is 9.80 Å². The molecule has 2 heterocycles. The van der Waals surface area contributed by atoms with Gasteiger partial charge in [-0.15, -0.1) is 0 Å². The number of carbonyl (C=O) groups is 3. The van der Waals surface area contributed by atoms with Gasteiger partial charge in [-0.05, 0) is 43.2 Å². The highest BCUT2D eigenvalue weighted by atomic mass is 16.2. The molecule has 5 heteroatoms. The summed E-state index contributed by atoms with van der Waals surface area (Å²) >= 11 is 0. The minimum atomic E-state index is -0.396. The molecular weight excluding hydrogens is 328 g/mol. The highest BCUT2D eigenvalue weighted by molar-refractivity contribution is 5.91. The number of carbonyl (C=O) groups excluding carboxylic acids is 3. The van der Waals surface area contributed by atoms with Gasteiger partial charge in [-0.1, -0.05) is 35.9 Å². The Balaban J connectivity index is 1.43. The van der Waals surface area contributed by atoms with Gasteiger partial charge in [0.05, 0.1) is 6.04 Å². The van der Waals surface area contributed by atoms with Crippen molar-refractivity contribution in [2.75, 3.05) is 13.1 Å². The zero-order valence-electron chi connectivity index (χ0n) is 14.9. The standard InChI is InChI=1S/C21H24N2O3/c24-14-18-7-3-9-22(18)21(26)19-8-4-10-23(19)20(25)13-15-11-16-5-1-2-6-17(16)12-15/h1-2,5-6,11,14,18-19H,3-4,7-10,12-13H2/t18-,19-/m0/s1. The third-order valence-corrected chi connectivity index (χ3v) is 5.81. The van der Waals surface area contributed by atoms with E-state index in [1.807, 2.05) is 12.1 Å². The fraction of sp³-hybridized carbons (Fsp3) is 0.476. The van der Waals surface area contributed by atoms with Gasteiger partial charge in [-0.25, -0.2) is 0 Å². The maximum atomic E-state index is 12.9. The molecule has 1 aliphatic carbocycles. The molecule has 2 atom stereocenters. The molecule has 3 aliphatic rings. The van der Waals surface area contributed by atoms with Crippen molar-refractivity contribution in [2.24, 2.45) is 0 Å². The molecule has 136 valence electrons. The van der Waals surface area contributed by atoms with E-state index in [4.69, 9.17) is 0 Å². The van der Waals surface area contributed by atoms with Crippen LogP contribution in [-0.4, -0.2) is 53.1 Å². The third-order valence-electron chi connectivity index (χ3n) is 5.81. The molecule has 0 saturated carbocycles. The zero-order chi connectivity index (χ0) is 18.1. The Bertz CT molecular complexity index is 770. The molecular formula is C21H24N2O3. The van der Waals surface area contributed by atoms with E-state index in [9.17, 15) is 14.4 Å². The lowest BCUT2D eigenvalue weighted by atomic mass is 10.1. The number of nitrogens with zero attached hydrogens (tertiary/aromatic N) is 2. The molecule has 0 bridgehead atoms. The van der Waals surface area contributed by atoms with Gasteiger partial charge in [0.15, 0.2) is 0 Å². The van der Waals surface area contributed by atoms with Crippen LogP contribution in [0.25, 0.3) is 6.08 Å². The van der Waals surface area contributed by atoms with Crippen molar-refractivity contribution < 1.29 is 14.4 Å². The number of likely N-dealkylation sites (tertiary alicyclic amines) is 2. The van der Waals surface area contributed by atoms with Gasteiger partial charge in [0.2, 0.25) is 11.8 Å². The third kappa shape index (κ3) is 3.06. The molecule has 1 aromatic carbocycles. The van der Waals surface area contributed by atoms with Gasteiger partial charge >= 0.3 is 0 Å². The molecule has 0 radical (unpaired) electrons. The van der Waals surface area contributed by atoms with Crippen molar-refractivity contribution in [1.29, 1.82) is 0 Å². The maximum absolute atomic E-state index is 12.9. The van der Waals surface area contributed by atoms with Crippen molar-refractivity contribution in [2.45, 2.75) is 50.6 Å². The van der Waals surface area contributed by atoms with Crippen LogP contribution >= 0.6 is 0 Å². The predicted octanol–water partition coefficient (Wildman–Crippen LogP) is 2.20. The summed E-state index contributed by atoms with van der Waals surface area (Å²) in [4.78, 5) is 40.4. The van der Waals surface area contributed by atoms with Crippen molar-refractivity contribution in [3.05, 3.63) is 41.0 Å². The second-order valence-corrected chi connectivity index (χ2v) is 7.48. The average molecular weight is 352 g/mol. The first-order valence-corrected chi connectivity index (χ1v) is 9.50. The van der Waals surface area contributed by atoms with Crippen molar-refractivity contribution in [1.82, 2.24) is 9.80 Å². The Morgan fingerprint density at radius 2 is 1.85 bits per heavy atom. The summed E-state index contributed by atoms with van der Waals surface area (Å²) in [6, 6.07) is 7.49. The van der Waals surface area contributed by atoms with Crippen molar-refractivity contribution in [3.8, 4) is 0 Å². The van der Waals surface area contributed by atoms with Crippen LogP contribution in [-0.2, 0) is 20.8 Å². The fourth-order valence-corrected chi connectivity index (χ4v) is 4.48. The van der Waals surface area contributed by atoms with Gasteiger partial charge in [0.1, 0.15) is 12.3 Å². The molecule has 2 aliphatic heterocycles. The smallest absolute Gasteiger partial charge is 0.245 e. The number of fused-ring (bicyclic) bond motifs is 1. The Hall–Kier alpha value is -2.43. The number of benzene rings is 1. The topological polar surface area (TPSA) is 57.7 Å². The van der Waals surface area contributed by atoms with Crippen molar-refractivity contribution >= 4 is 24.2 Å². The summed E-state index contributed by atoms with van der Waals surface area (Å²) in [5.74, 6) is -0.0177. The Labute approximate surface area is 153 Å². The van der Waals surface area contributed by atoms with Gasteiger partial charge in [0.25, 0.3) is 0 Å². The van der Waals surface area contributed by atoms with Gasteiger partial charge in [-0.2, -0.15) is 0 Å². The molecule has 0 spiro atoms. The summed E-state index contributed by atoms with van der Waals surface area (Å²) < 4.78 is 0. The van der Waals surface area contributed by atoms with Gasteiger partial charge < -0.3 is 14.6 Å². The summed E-state index contributed by atoms with van der Waals surface area (Å²) in [6.07, 6.45) is 7.30. The molecule has 0 N–H and O–H groups in total. The van der Waals surface area contributed by atoms with Crippen molar-refractivity contribution in [3.63, 3.8) is 0 Å². The van der Waals surface area contributed by atoms with E-state index in [1.165, 1.54) is 11.1 Å². The summed E-state index contributed by atoms with van der Waals surface area (Å²) in [5, 5.41) is 0. The van der Waals surface area contributed by atoms with E-state index >= 15 is 0 Å². The Morgan fingerprint density at radius 3 is 2.65 bits per heavy atom. The monoisotopic (exact) mass is 352 g/mol. The zero-order valence-corrected chi connectivity index (χ0v) is 14.9. The van der Waals surface area contributed by atoms with Crippen LogP contribution in [0.2, 0.25) is 0 Å². The molecule has 2 fully saturated rings. The highest BCUT2D eigenvalue weighted by Crippen LogP contribution is 2.29. The Morgan fingerprint density at radius 1 is 1.08 bits per heavy atom. The molecule has 5 nitrogen and oxygen atoms in total. The first-order chi connectivity index (χ1) is 12.7. The first-order valence-electron chi connectivity index (χ1n) is 9.50. The molecule has 4 rings (SSSR count). The van der Waals surface area contributed by atoms with E-state index in [0.29, 0.717) is 25.9 Å². The van der Waals surface area contributed by atoms with Crippen LogP contribution in [0, 0.1) is 0 Å². The quantitative estimate of drug-likeness (QED) is 0.781. The van der Waals surface area contributed by atoms with Crippen LogP contribution in [0.3, 0.4) is 0 Å². The molecule has 2 saturated heterocycles. The number of amides is 2. The number of hydrogen-bond acceptors (Lipinski definition) is 3. The van der Waals surface area contributed by atoms with Crippen LogP contribution < -0.4 is 0 Å². The maximum Gasteiger partial charge on any atom is 0.245 e. The Kier molecular flexibility index (Phi) is 4.62. The SMILES string of the molecule is O=C[C@@H]1CCCN1C(=O)[C@@H]1CCCN1C(=O)CC1=Cc2ccccc2C1. The largest absolute Gasteiger partial charge is 0.331 e. The average Bonchev–Trinajstić information content (AvgIpc) is 3.38. The second kappa shape index (κ2) is 7.06. The molecule has 0 aromatic heterocycles. The lowest BCUT2D eigenvalue weighted by Gasteiger charge is -2.29. The highest BCUT2D eigenvalue weighted by Gasteiger charge is 2.40. The number of rotatable bonds is 4. The van der Waals surface area contributed by atoms with Crippen LogP contribution in [0.4, 0.5) is 0 Å². The normalized spacial score (nSPS) is 24.5. The van der Waals surface area contributed by atoms with Gasteiger partial charge in [0, 0.05) is 19.5 Å². The van der Waals surface area contributed by atoms with E-state index in [-0.39, 0.29) is 17.9 Å². The first kappa shape index (κ1) is 17.0. The fourth-order valence-electron chi connectivity index (χ4n) is 4.48. The molecule has 2 amide bonds. The van der Waals surface area contributed by atoms with E-state index < -0.39 is 6.04 Å². The van der Waals surface area contributed by atoms with Gasteiger partial charge in [-0.3, -0.25) is 9.59 Å². The molecule has 1 aromatic rings. The van der Waals surface area contributed by atoms with Crippen LogP contribution in [0.15, 0.2) is 29.8 Å². The summed E-state index contributed by atoms with van der Waals surface area (Å²) in [5.41, 5.74) is 3.56. The van der Waals surface area contributed by atoms with Crippen LogP contribution in [0.5, 0.6) is 0 Å².